The number of halogens is 1. The van der Waals surface area contributed by atoms with Gasteiger partial charge in [-0.2, -0.15) is 4.31 Å². The molecule has 2 fully saturated rings. The van der Waals surface area contributed by atoms with Crippen molar-refractivity contribution in [3.05, 3.63) is 65.0 Å². The number of carbonyl (C=O) groups excluding carboxylic acids is 1. The highest BCUT2D eigenvalue weighted by Gasteiger charge is 2.33. The summed E-state index contributed by atoms with van der Waals surface area (Å²) in [5, 5.41) is 0. The summed E-state index contributed by atoms with van der Waals surface area (Å²) >= 11 is 0. The highest BCUT2D eigenvalue weighted by atomic mass is 32.2. The fraction of sp³-hybridized carbons (Fsp3) is 0.500. The molecule has 2 aromatic carbocycles. The van der Waals surface area contributed by atoms with Crippen molar-refractivity contribution in [3.63, 3.8) is 0 Å². The lowest BCUT2D eigenvalue weighted by atomic mass is 10.1. The summed E-state index contributed by atoms with van der Waals surface area (Å²) in [5.41, 5.74) is 2.03. The second-order valence-corrected chi connectivity index (χ2v) is 11.3. The fourth-order valence-corrected chi connectivity index (χ4v) is 5.86. The van der Waals surface area contributed by atoms with Crippen LogP contribution in [0.25, 0.3) is 0 Å². The zero-order valence-electron chi connectivity index (χ0n) is 20.9. The molecule has 2 heterocycles. The first kappa shape index (κ1) is 26.7. The zero-order chi connectivity index (χ0) is 25.7. The van der Waals surface area contributed by atoms with E-state index in [9.17, 15) is 17.6 Å². The molecule has 0 aliphatic carbocycles. The van der Waals surface area contributed by atoms with Gasteiger partial charge in [0.1, 0.15) is 5.82 Å². The van der Waals surface area contributed by atoms with Gasteiger partial charge >= 0.3 is 0 Å². The molecule has 1 amide bonds. The first-order valence-electron chi connectivity index (χ1n) is 12.3. The van der Waals surface area contributed by atoms with Crippen molar-refractivity contribution in [2.75, 3.05) is 65.6 Å². The van der Waals surface area contributed by atoms with E-state index < -0.39 is 21.9 Å². The smallest absolute Gasteiger partial charge is 0.253 e. The van der Waals surface area contributed by atoms with Gasteiger partial charge in [0, 0.05) is 51.4 Å². The molecule has 10 heteroatoms. The molecule has 0 saturated carbocycles. The molecule has 1 atom stereocenters. The highest BCUT2D eigenvalue weighted by molar-refractivity contribution is 7.89. The third-order valence-electron chi connectivity index (χ3n) is 6.68. The summed E-state index contributed by atoms with van der Waals surface area (Å²) in [6.07, 6.45) is -0.497. The molecule has 2 saturated heterocycles. The maximum Gasteiger partial charge on any atom is 0.253 e. The Morgan fingerprint density at radius 1 is 1.06 bits per heavy atom. The maximum absolute atomic E-state index is 14.1. The fourth-order valence-electron chi connectivity index (χ4n) is 4.39. The lowest BCUT2D eigenvalue weighted by Gasteiger charge is -2.36. The van der Waals surface area contributed by atoms with E-state index in [4.69, 9.17) is 9.47 Å². The molecule has 196 valence electrons. The Kier molecular flexibility index (Phi) is 8.74. The van der Waals surface area contributed by atoms with Crippen molar-refractivity contribution in [1.29, 1.82) is 0 Å². The standard InChI is InChI=1S/C26H34FN3O5S/c1-20-3-6-22(7-4-20)26(31)29(10-9-28-11-14-34-15-12-28)18-23-19-30(13-16-35-23)36(32,33)24-8-5-21(2)25(27)17-24/h3-8,17,23H,9-16,18-19H2,1-2H3. The monoisotopic (exact) mass is 519 g/mol. The third kappa shape index (κ3) is 6.49. The minimum atomic E-state index is -3.89. The largest absolute Gasteiger partial charge is 0.379 e. The molecule has 0 radical (unpaired) electrons. The number of ether oxygens (including phenoxy) is 2. The second-order valence-electron chi connectivity index (χ2n) is 9.34. The maximum atomic E-state index is 14.1. The van der Waals surface area contributed by atoms with Crippen molar-refractivity contribution < 1.29 is 27.1 Å². The predicted molar refractivity (Wildman–Crippen MR) is 134 cm³/mol. The molecular weight excluding hydrogens is 485 g/mol. The second kappa shape index (κ2) is 11.8. The van der Waals surface area contributed by atoms with Crippen LogP contribution < -0.4 is 0 Å². The van der Waals surface area contributed by atoms with Crippen LogP contribution in [0.1, 0.15) is 21.5 Å². The van der Waals surface area contributed by atoms with Gasteiger partial charge in [-0.3, -0.25) is 9.69 Å². The average Bonchev–Trinajstić information content (AvgIpc) is 2.89. The summed E-state index contributed by atoms with van der Waals surface area (Å²) in [7, 11) is -3.89. The molecule has 0 bridgehead atoms. The van der Waals surface area contributed by atoms with Crippen molar-refractivity contribution in [2.24, 2.45) is 0 Å². The SMILES string of the molecule is Cc1ccc(C(=O)N(CCN2CCOCC2)CC2CN(S(=O)(=O)c3ccc(C)c(F)c3)CCO2)cc1. The number of hydrogen-bond donors (Lipinski definition) is 0. The van der Waals surface area contributed by atoms with E-state index >= 15 is 0 Å². The van der Waals surface area contributed by atoms with Crippen molar-refractivity contribution in [1.82, 2.24) is 14.1 Å². The minimum absolute atomic E-state index is 0.0776. The zero-order valence-corrected chi connectivity index (χ0v) is 21.7. The predicted octanol–water partition coefficient (Wildman–Crippen LogP) is 2.31. The van der Waals surface area contributed by atoms with Gasteiger partial charge in [0.15, 0.2) is 0 Å². The first-order chi connectivity index (χ1) is 17.2. The Morgan fingerprint density at radius 3 is 2.47 bits per heavy atom. The average molecular weight is 520 g/mol. The number of morpholine rings is 2. The van der Waals surface area contributed by atoms with E-state index in [1.165, 1.54) is 16.4 Å². The molecule has 0 spiro atoms. The van der Waals surface area contributed by atoms with Crippen molar-refractivity contribution in [2.45, 2.75) is 24.8 Å². The molecule has 1 unspecified atom stereocenters. The van der Waals surface area contributed by atoms with E-state index in [0.29, 0.717) is 37.4 Å². The van der Waals surface area contributed by atoms with Crippen LogP contribution in [0.15, 0.2) is 47.4 Å². The number of aryl methyl sites for hydroxylation is 2. The Morgan fingerprint density at radius 2 is 1.78 bits per heavy atom. The van der Waals surface area contributed by atoms with Gasteiger partial charge in [0.05, 0.1) is 30.8 Å². The Labute approximate surface area is 212 Å². The van der Waals surface area contributed by atoms with Gasteiger partial charge in [0.25, 0.3) is 5.91 Å². The lowest BCUT2D eigenvalue weighted by molar-refractivity contribution is -0.0200. The van der Waals surface area contributed by atoms with Gasteiger partial charge < -0.3 is 14.4 Å². The van der Waals surface area contributed by atoms with Crippen LogP contribution in [0.3, 0.4) is 0 Å². The van der Waals surface area contributed by atoms with Gasteiger partial charge in [-0.05, 0) is 43.7 Å². The molecule has 4 rings (SSSR count). The number of rotatable bonds is 8. The van der Waals surface area contributed by atoms with Gasteiger partial charge in [0.2, 0.25) is 10.0 Å². The topological polar surface area (TPSA) is 79.4 Å². The minimum Gasteiger partial charge on any atom is -0.379 e. The number of carbonyl (C=O) groups is 1. The summed E-state index contributed by atoms with van der Waals surface area (Å²) in [4.78, 5) is 17.3. The van der Waals surface area contributed by atoms with E-state index in [1.54, 1.807) is 11.8 Å². The molecule has 2 aromatic rings. The van der Waals surface area contributed by atoms with Crippen LogP contribution in [0.2, 0.25) is 0 Å². The number of amides is 1. The third-order valence-corrected chi connectivity index (χ3v) is 8.54. The Balaban J connectivity index is 1.48. The van der Waals surface area contributed by atoms with Gasteiger partial charge in [-0.15, -0.1) is 0 Å². The van der Waals surface area contributed by atoms with Crippen LogP contribution in [0, 0.1) is 19.7 Å². The van der Waals surface area contributed by atoms with E-state index in [2.05, 4.69) is 4.90 Å². The van der Waals surface area contributed by atoms with E-state index in [-0.39, 0.29) is 37.0 Å². The molecule has 2 aliphatic rings. The number of nitrogens with zero attached hydrogens (tertiary/aromatic N) is 3. The molecule has 8 nitrogen and oxygen atoms in total. The van der Waals surface area contributed by atoms with Crippen LogP contribution in [0.5, 0.6) is 0 Å². The number of benzene rings is 2. The van der Waals surface area contributed by atoms with Crippen molar-refractivity contribution in [3.8, 4) is 0 Å². The Bertz CT molecular complexity index is 1150. The summed E-state index contributed by atoms with van der Waals surface area (Å²) in [6.45, 7) is 8.43. The molecule has 0 N–H and O–H groups in total. The summed E-state index contributed by atoms with van der Waals surface area (Å²) in [5.74, 6) is -0.675. The Hall–Kier alpha value is -2.37. The van der Waals surface area contributed by atoms with E-state index in [1.807, 2.05) is 31.2 Å². The van der Waals surface area contributed by atoms with Crippen molar-refractivity contribution >= 4 is 15.9 Å². The van der Waals surface area contributed by atoms with Crippen LogP contribution in [0.4, 0.5) is 4.39 Å². The van der Waals surface area contributed by atoms with Crippen LogP contribution >= 0.6 is 0 Å². The normalized spacial score (nSPS) is 19.8. The van der Waals surface area contributed by atoms with E-state index in [0.717, 1.165) is 24.7 Å². The molecule has 2 aliphatic heterocycles. The van der Waals surface area contributed by atoms with Crippen LogP contribution in [-0.2, 0) is 19.5 Å². The summed E-state index contributed by atoms with van der Waals surface area (Å²) in [6, 6.07) is 11.4. The summed E-state index contributed by atoms with van der Waals surface area (Å²) < 4.78 is 53.1. The highest BCUT2D eigenvalue weighted by Crippen LogP contribution is 2.22. The van der Waals surface area contributed by atoms with Gasteiger partial charge in [-0.25, -0.2) is 12.8 Å². The molecular formula is C26H34FN3O5S. The first-order valence-corrected chi connectivity index (χ1v) is 13.7. The molecule has 36 heavy (non-hydrogen) atoms. The number of sulfonamides is 1. The quantitative estimate of drug-likeness (QED) is 0.533. The van der Waals surface area contributed by atoms with Crippen LogP contribution in [-0.4, -0.2) is 100 Å². The lowest BCUT2D eigenvalue weighted by Crippen LogP contribution is -2.51. The number of hydrogen-bond acceptors (Lipinski definition) is 6. The van der Waals surface area contributed by atoms with Gasteiger partial charge in [-0.1, -0.05) is 23.8 Å². The molecule has 0 aromatic heterocycles.